The highest BCUT2D eigenvalue weighted by molar-refractivity contribution is 7.89. The SMILES string of the molecule is CCCN(C1CC1)S(=O)(=O)c1ccc2c(c1)NCCC2. The highest BCUT2D eigenvalue weighted by atomic mass is 32.2. The first-order chi connectivity index (χ1) is 9.63. The number of nitrogens with zero attached hydrogens (tertiary/aromatic N) is 1. The molecule has 1 aromatic carbocycles. The van der Waals surface area contributed by atoms with Gasteiger partial charge < -0.3 is 5.32 Å². The van der Waals surface area contributed by atoms with Crippen molar-refractivity contribution in [2.24, 2.45) is 0 Å². The van der Waals surface area contributed by atoms with E-state index in [0.29, 0.717) is 11.4 Å². The van der Waals surface area contributed by atoms with Gasteiger partial charge in [0, 0.05) is 24.8 Å². The van der Waals surface area contributed by atoms with Gasteiger partial charge in [-0.2, -0.15) is 4.31 Å². The number of aryl methyl sites for hydroxylation is 1. The van der Waals surface area contributed by atoms with E-state index in [0.717, 1.165) is 44.3 Å². The molecule has 0 atom stereocenters. The topological polar surface area (TPSA) is 49.4 Å². The van der Waals surface area contributed by atoms with Crippen LogP contribution in [0.5, 0.6) is 0 Å². The summed E-state index contributed by atoms with van der Waals surface area (Å²) in [5, 5.41) is 3.31. The van der Waals surface area contributed by atoms with Gasteiger partial charge in [-0.1, -0.05) is 13.0 Å². The summed E-state index contributed by atoms with van der Waals surface area (Å²) in [4.78, 5) is 0.436. The van der Waals surface area contributed by atoms with E-state index in [1.165, 1.54) is 5.56 Å². The van der Waals surface area contributed by atoms with E-state index < -0.39 is 10.0 Å². The zero-order valence-corrected chi connectivity index (χ0v) is 12.7. The van der Waals surface area contributed by atoms with Crippen LogP contribution in [0.25, 0.3) is 0 Å². The lowest BCUT2D eigenvalue weighted by Crippen LogP contribution is -2.34. The molecular weight excluding hydrogens is 272 g/mol. The molecule has 20 heavy (non-hydrogen) atoms. The Morgan fingerprint density at radius 1 is 1.35 bits per heavy atom. The number of hydrogen-bond acceptors (Lipinski definition) is 3. The molecule has 110 valence electrons. The van der Waals surface area contributed by atoms with E-state index in [-0.39, 0.29) is 6.04 Å². The van der Waals surface area contributed by atoms with Crippen molar-refractivity contribution in [3.8, 4) is 0 Å². The van der Waals surface area contributed by atoms with Crippen LogP contribution >= 0.6 is 0 Å². The van der Waals surface area contributed by atoms with Gasteiger partial charge in [-0.05, 0) is 49.8 Å². The van der Waals surface area contributed by atoms with E-state index in [4.69, 9.17) is 0 Å². The molecule has 1 fully saturated rings. The minimum absolute atomic E-state index is 0.226. The Morgan fingerprint density at radius 2 is 2.15 bits per heavy atom. The smallest absolute Gasteiger partial charge is 0.243 e. The summed E-state index contributed by atoms with van der Waals surface area (Å²) in [5.41, 5.74) is 2.22. The zero-order valence-electron chi connectivity index (χ0n) is 11.9. The van der Waals surface area contributed by atoms with Gasteiger partial charge in [-0.15, -0.1) is 0 Å². The zero-order chi connectivity index (χ0) is 14.2. The Balaban J connectivity index is 1.93. The van der Waals surface area contributed by atoms with Crippen LogP contribution in [0.1, 0.15) is 38.2 Å². The molecule has 1 aromatic rings. The van der Waals surface area contributed by atoms with Gasteiger partial charge in [0.25, 0.3) is 0 Å². The Labute approximate surface area is 121 Å². The van der Waals surface area contributed by atoms with Gasteiger partial charge in [0.15, 0.2) is 0 Å². The van der Waals surface area contributed by atoms with Crippen molar-refractivity contribution in [2.75, 3.05) is 18.4 Å². The molecule has 5 heteroatoms. The van der Waals surface area contributed by atoms with E-state index in [1.807, 2.05) is 19.1 Å². The van der Waals surface area contributed by atoms with Crippen molar-refractivity contribution >= 4 is 15.7 Å². The van der Waals surface area contributed by atoms with Crippen molar-refractivity contribution in [1.29, 1.82) is 0 Å². The second-order valence-corrected chi connectivity index (χ2v) is 7.59. The van der Waals surface area contributed by atoms with Gasteiger partial charge in [-0.3, -0.25) is 0 Å². The fraction of sp³-hybridized carbons (Fsp3) is 0.600. The largest absolute Gasteiger partial charge is 0.385 e. The van der Waals surface area contributed by atoms with Crippen molar-refractivity contribution in [3.63, 3.8) is 0 Å². The number of hydrogen-bond donors (Lipinski definition) is 1. The number of sulfonamides is 1. The quantitative estimate of drug-likeness (QED) is 0.908. The molecule has 1 N–H and O–H groups in total. The van der Waals surface area contributed by atoms with Crippen LogP contribution in [0.2, 0.25) is 0 Å². The summed E-state index contributed by atoms with van der Waals surface area (Å²) >= 11 is 0. The lowest BCUT2D eigenvalue weighted by molar-refractivity contribution is 0.403. The van der Waals surface area contributed by atoms with Gasteiger partial charge in [-0.25, -0.2) is 8.42 Å². The van der Waals surface area contributed by atoms with Crippen molar-refractivity contribution in [1.82, 2.24) is 4.31 Å². The van der Waals surface area contributed by atoms with Crippen LogP contribution in [0, 0.1) is 0 Å². The molecule has 0 unspecified atom stereocenters. The number of benzene rings is 1. The molecule has 2 aliphatic rings. The molecule has 0 aromatic heterocycles. The summed E-state index contributed by atoms with van der Waals surface area (Å²) in [6.07, 6.45) is 5.01. The molecule has 1 aliphatic carbocycles. The fourth-order valence-corrected chi connectivity index (χ4v) is 4.62. The molecule has 0 radical (unpaired) electrons. The second-order valence-electron chi connectivity index (χ2n) is 5.70. The van der Waals surface area contributed by atoms with E-state index in [9.17, 15) is 8.42 Å². The molecule has 0 bridgehead atoms. The molecule has 0 amide bonds. The molecule has 0 spiro atoms. The maximum atomic E-state index is 12.8. The Kier molecular flexibility index (Phi) is 3.73. The Bertz CT molecular complexity index is 594. The van der Waals surface area contributed by atoms with Gasteiger partial charge >= 0.3 is 0 Å². The summed E-state index contributed by atoms with van der Waals surface area (Å²) in [7, 11) is -3.34. The fourth-order valence-electron chi connectivity index (χ4n) is 2.82. The molecular formula is C15H22N2O2S. The van der Waals surface area contributed by atoms with Gasteiger partial charge in [0.1, 0.15) is 0 Å². The van der Waals surface area contributed by atoms with Crippen LogP contribution in [0.4, 0.5) is 5.69 Å². The summed E-state index contributed by atoms with van der Waals surface area (Å²) in [6.45, 7) is 3.58. The predicted octanol–water partition coefficient (Wildman–Crippen LogP) is 2.61. The van der Waals surface area contributed by atoms with E-state index in [2.05, 4.69) is 5.32 Å². The van der Waals surface area contributed by atoms with Crippen molar-refractivity contribution in [2.45, 2.75) is 50.0 Å². The van der Waals surface area contributed by atoms with Crippen molar-refractivity contribution in [3.05, 3.63) is 23.8 Å². The maximum absolute atomic E-state index is 12.8. The minimum Gasteiger partial charge on any atom is -0.385 e. The van der Waals surface area contributed by atoms with Crippen LogP contribution < -0.4 is 5.32 Å². The highest BCUT2D eigenvalue weighted by Crippen LogP contribution is 2.33. The highest BCUT2D eigenvalue weighted by Gasteiger charge is 2.37. The molecule has 1 aliphatic heterocycles. The number of rotatable bonds is 5. The molecule has 4 nitrogen and oxygen atoms in total. The monoisotopic (exact) mass is 294 g/mol. The lowest BCUT2D eigenvalue weighted by atomic mass is 10.0. The molecule has 1 heterocycles. The third-order valence-corrected chi connectivity index (χ3v) is 5.97. The first-order valence-corrected chi connectivity index (χ1v) is 8.95. The standard InChI is InChI=1S/C15H22N2O2S/c1-2-10-17(13-6-7-13)20(18,19)14-8-5-12-4-3-9-16-15(12)11-14/h5,8,11,13,16H,2-4,6-7,9-10H2,1H3. The molecule has 1 saturated carbocycles. The lowest BCUT2D eigenvalue weighted by Gasteiger charge is -2.23. The van der Waals surface area contributed by atoms with Crippen LogP contribution in [0.15, 0.2) is 23.1 Å². The molecule has 0 saturated heterocycles. The van der Waals surface area contributed by atoms with E-state index >= 15 is 0 Å². The minimum atomic E-state index is -3.34. The Morgan fingerprint density at radius 3 is 2.85 bits per heavy atom. The average molecular weight is 294 g/mol. The van der Waals surface area contributed by atoms with Crippen LogP contribution in [-0.4, -0.2) is 31.9 Å². The second kappa shape index (κ2) is 5.37. The third kappa shape index (κ3) is 2.56. The predicted molar refractivity (Wildman–Crippen MR) is 80.5 cm³/mol. The first-order valence-electron chi connectivity index (χ1n) is 7.51. The summed E-state index contributed by atoms with van der Waals surface area (Å²) in [6, 6.07) is 5.77. The normalized spacial score (nSPS) is 18.7. The number of nitrogens with one attached hydrogen (secondary N) is 1. The average Bonchev–Trinajstić information content (AvgIpc) is 3.28. The number of fused-ring (bicyclic) bond motifs is 1. The van der Waals surface area contributed by atoms with Gasteiger partial charge in [0.05, 0.1) is 4.90 Å². The maximum Gasteiger partial charge on any atom is 0.243 e. The summed E-state index contributed by atoms with van der Waals surface area (Å²) in [5.74, 6) is 0. The Hall–Kier alpha value is -1.07. The summed E-state index contributed by atoms with van der Waals surface area (Å²) < 4.78 is 27.3. The van der Waals surface area contributed by atoms with Crippen molar-refractivity contribution < 1.29 is 8.42 Å². The number of anilines is 1. The van der Waals surface area contributed by atoms with E-state index in [1.54, 1.807) is 10.4 Å². The molecule has 3 rings (SSSR count). The van der Waals surface area contributed by atoms with Crippen LogP contribution in [-0.2, 0) is 16.4 Å². The first kappa shape index (κ1) is 13.9. The van der Waals surface area contributed by atoms with Gasteiger partial charge in [0.2, 0.25) is 10.0 Å². The third-order valence-electron chi connectivity index (χ3n) is 4.02. The van der Waals surface area contributed by atoms with Crippen LogP contribution in [0.3, 0.4) is 0 Å².